The van der Waals surface area contributed by atoms with E-state index in [0.717, 1.165) is 0 Å². The molecule has 1 fully saturated rings. The van der Waals surface area contributed by atoms with Crippen molar-refractivity contribution in [3.8, 4) is 0 Å². The predicted molar refractivity (Wildman–Crippen MR) is 107 cm³/mol. The number of rotatable bonds is 4. The summed E-state index contributed by atoms with van der Waals surface area (Å²) in [7, 11) is -3.54. The number of halogens is 2. The van der Waals surface area contributed by atoms with Gasteiger partial charge in [0.1, 0.15) is 5.82 Å². The van der Waals surface area contributed by atoms with Crippen LogP contribution in [0.2, 0.25) is 5.02 Å². The van der Waals surface area contributed by atoms with E-state index < -0.39 is 15.8 Å². The van der Waals surface area contributed by atoms with Crippen molar-refractivity contribution in [2.45, 2.75) is 4.90 Å². The number of hydrogen-bond acceptors (Lipinski definition) is 4. The van der Waals surface area contributed by atoms with Crippen molar-refractivity contribution in [1.29, 1.82) is 0 Å². The lowest BCUT2D eigenvalue weighted by molar-refractivity contribution is 0.0730. The molecule has 0 spiro atoms. The quantitative estimate of drug-likeness (QED) is 0.726. The molecule has 2 aromatic rings. The Labute approximate surface area is 167 Å². The molecule has 0 radical (unpaired) electrons. The average Bonchev–Trinajstić information content (AvgIpc) is 2.65. The highest BCUT2D eigenvalue weighted by Crippen LogP contribution is 2.23. The van der Waals surface area contributed by atoms with E-state index >= 15 is 0 Å². The van der Waals surface area contributed by atoms with Crippen LogP contribution in [0.1, 0.15) is 0 Å². The zero-order chi connectivity index (χ0) is 19.4. The molecule has 10 heteroatoms. The third-order valence-electron chi connectivity index (χ3n) is 3.90. The summed E-state index contributed by atoms with van der Waals surface area (Å²) in [4.78, 5) is 0.204. The Morgan fingerprint density at radius 2 is 1.78 bits per heavy atom. The zero-order valence-electron chi connectivity index (χ0n) is 14.1. The predicted octanol–water partition coefficient (Wildman–Crippen LogP) is 3.31. The third-order valence-corrected chi connectivity index (χ3v) is 6.33. The standard InChI is InChI=1S/C17H17ClFN3O3S2/c18-15-11-12(19)1-6-16(15)21-17(26)20-13-2-4-14(5-3-13)27(23,24)22-7-9-25-10-8-22/h1-6,11H,7-10H2,(H2,20,21,26). The largest absolute Gasteiger partial charge is 0.379 e. The summed E-state index contributed by atoms with van der Waals surface area (Å²) >= 11 is 11.2. The second-order valence-corrected chi connectivity index (χ2v) is 8.50. The molecule has 0 amide bonds. The molecule has 1 aliphatic rings. The van der Waals surface area contributed by atoms with Gasteiger partial charge < -0.3 is 15.4 Å². The summed E-state index contributed by atoms with van der Waals surface area (Å²) < 4.78 is 44.9. The highest BCUT2D eigenvalue weighted by molar-refractivity contribution is 7.89. The monoisotopic (exact) mass is 429 g/mol. The van der Waals surface area contributed by atoms with Crippen LogP contribution in [0.3, 0.4) is 0 Å². The second-order valence-electron chi connectivity index (χ2n) is 5.74. The van der Waals surface area contributed by atoms with Gasteiger partial charge in [-0.2, -0.15) is 4.31 Å². The number of benzene rings is 2. The van der Waals surface area contributed by atoms with Crippen molar-refractivity contribution < 1.29 is 17.5 Å². The molecule has 1 heterocycles. The van der Waals surface area contributed by atoms with E-state index in [2.05, 4.69) is 10.6 Å². The first-order valence-electron chi connectivity index (χ1n) is 8.07. The maximum Gasteiger partial charge on any atom is 0.243 e. The fourth-order valence-electron chi connectivity index (χ4n) is 2.52. The van der Waals surface area contributed by atoms with Crippen LogP contribution in [0.4, 0.5) is 15.8 Å². The van der Waals surface area contributed by atoms with Crippen LogP contribution in [0.25, 0.3) is 0 Å². The molecule has 2 N–H and O–H groups in total. The van der Waals surface area contributed by atoms with Crippen LogP contribution in [0, 0.1) is 5.82 Å². The third kappa shape index (κ3) is 4.94. The van der Waals surface area contributed by atoms with Gasteiger partial charge in [0.2, 0.25) is 10.0 Å². The van der Waals surface area contributed by atoms with Crippen molar-refractivity contribution in [2.24, 2.45) is 0 Å². The summed E-state index contributed by atoms with van der Waals surface area (Å²) in [6.45, 7) is 1.47. The molecule has 3 rings (SSSR count). The fraction of sp³-hybridized carbons (Fsp3) is 0.235. The van der Waals surface area contributed by atoms with Crippen LogP contribution in [0.5, 0.6) is 0 Å². The van der Waals surface area contributed by atoms with Gasteiger partial charge >= 0.3 is 0 Å². The molecule has 2 aromatic carbocycles. The number of hydrogen-bond donors (Lipinski definition) is 2. The van der Waals surface area contributed by atoms with Gasteiger partial charge in [0.15, 0.2) is 5.11 Å². The molecule has 0 bridgehead atoms. The average molecular weight is 430 g/mol. The second kappa shape index (κ2) is 8.49. The van der Waals surface area contributed by atoms with Crippen LogP contribution < -0.4 is 10.6 Å². The molecule has 1 saturated heterocycles. The van der Waals surface area contributed by atoms with Crippen molar-refractivity contribution in [1.82, 2.24) is 4.31 Å². The minimum Gasteiger partial charge on any atom is -0.379 e. The maximum atomic E-state index is 13.1. The minimum atomic E-state index is -3.54. The van der Waals surface area contributed by atoms with Gasteiger partial charge in [-0.25, -0.2) is 12.8 Å². The van der Waals surface area contributed by atoms with Crippen molar-refractivity contribution in [3.63, 3.8) is 0 Å². The first-order chi connectivity index (χ1) is 12.9. The van der Waals surface area contributed by atoms with Crippen LogP contribution in [-0.4, -0.2) is 44.1 Å². The van der Waals surface area contributed by atoms with Crippen LogP contribution in [-0.2, 0) is 14.8 Å². The molecule has 27 heavy (non-hydrogen) atoms. The van der Waals surface area contributed by atoms with Gasteiger partial charge in [0.25, 0.3) is 0 Å². The van der Waals surface area contributed by atoms with Gasteiger partial charge in [-0.15, -0.1) is 0 Å². The Morgan fingerprint density at radius 3 is 2.41 bits per heavy atom. The van der Waals surface area contributed by atoms with E-state index in [-0.39, 0.29) is 15.0 Å². The Morgan fingerprint density at radius 1 is 1.11 bits per heavy atom. The zero-order valence-corrected chi connectivity index (χ0v) is 16.5. The number of thiocarbonyl (C=S) groups is 1. The normalized spacial score (nSPS) is 15.3. The first kappa shape index (κ1) is 20.0. The fourth-order valence-corrected chi connectivity index (χ4v) is 4.37. The molecule has 0 atom stereocenters. The smallest absolute Gasteiger partial charge is 0.243 e. The maximum absolute atomic E-state index is 13.1. The summed E-state index contributed by atoms with van der Waals surface area (Å²) in [6.07, 6.45) is 0. The summed E-state index contributed by atoms with van der Waals surface area (Å²) in [5.41, 5.74) is 1.06. The SMILES string of the molecule is O=S(=O)(c1ccc(NC(=S)Nc2ccc(F)cc2Cl)cc1)N1CCOCC1. The van der Waals surface area contributed by atoms with E-state index in [1.165, 1.54) is 34.6 Å². The molecule has 0 aromatic heterocycles. The number of nitrogens with zero attached hydrogens (tertiary/aromatic N) is 1. The molecule has 0 aliphatic carbocycles. The summed E-state index contributed by atoms with van der Waals surface area (Å²) in [5, 5.41) is 6.24. The topological polar surface area (TPSA) is 70.7 Å². The van der Waals surface area contributed by atoms with Gasteiger partial charge in [0.05, 0.1) is 28.8 Å². The van der Waals surface area contributed by atoms with E-state index in [1.807, 2.05) is 0 Å². The van der Waals surface area contributed by atoms with Gasteiger partial charge in [-0.1, -0.05) is 11.6 Å². The molecule has 0 saturated carbocycles. The van der Waals surface area contributed by atoms with E-state index in [0.29, 0.717) is 37.7 Å². The number of nitrogens with one attached hydrogen (secondary N) is 2. The first-order valence-corrected chi connectivity index (χ1v) is 10.3. The highest BCUT2D eigenvalue weighted by Gasteiger charge is 2.26. The highest BCUT2D eigenvalue weighted by atomic mass is 35.5. The molecule has 1 aliphatic heterocycles. The lowest BCUT2D eigenvalue weighted by Crippen LogP contribution is -2.40. The summed E-state index contributed by atoms with van der Waals surface area (Å²) in [6, 6.07) is 10.2. The Hall–Kier alpha value is -1.78. The minimum absolute atomic E-state index is 0.200. The number of anilines is 2. The van der Waals surface area contributed by atoms with E-state index in [9.17, 15) is 12.8 Å². The van der Waals surface area contributed by atoms with Crippen molar-refractivity contribution >= 4 is 50.3 Å². The molecule has 0 unspecified atom stereocenters. The Balaban J connectivity index is 1.65. The molecule has 144 valence electrons. The van der Waals surface area contributed by atoms with Crippen molar-refractivity contribution in [3.05, 3.63) is 53.3 Å². The van der Waals surface area contributed by atoms with Gasteiger partial charge in [0, 0.05) is 18.8 Å². The summed E-state index contributed by atoms with van der Waals surface area (Å²) in [5.74, 6) is -0.443. The van der Waals surface area contributed by atoms with Crippen LogP contribution >= 0.6 is 23.8 Å². The van der Waals surface area contributed by atoms with Gasteiger partial charge in [-0.3, -0.25) is 0 Å². The number of sulfonamides is 1. The lowest BCUT2D eigenvalue weighted by Gasteiger charge is -2.26. The van der Waals surface area contributed by atoms with E-state index in [1.54, 1.807) is 12.1 Å². The Bertz CT molecular complexity index is 933. The van der Waals surface area contributed by atoms with Gasteiger partial charge in [-0.05, 0) is 54.7 Å². The Kier molecular flexibility index (Phi) is 6.28. The number of ether oxygens (including phenoxy) is 1. The molecule has 6 nitrogen and oxygen atoms in total. The van der Waals surface area contributed by atoms with Crippen molar-refractivity contribution in [2.75, 3.05) is 36.9 Å². The molecular formula is C17H17ClFN3O3S2. The van der Waals surface area contributed by atoms with E-state index in [4.69, 9.17) is 28.6 Å². The number of morpholine rings is 1. The lowest BCUT2D eigenvalue weighted by atomic mass is 10.3. The van der Waals surface area contributed by atoms with Crippen LogP contribution in [0.15, 0.2) is 47.4 Å². The molecular weight excluding hydrogens is 413 g/mol.